The number of carboxylic acids is 1. The smallest absolute Gasteiger partial charge is 0.318 e. The standard InChI is InChI=1S/C26H26N2O4/c29-14-21(26(30)31)19-13-24(23-12-20(19)25(28-23)17-7-2-1-3-8-17)32-15-18-11-10-16-6-4-5-9-22(16)27-18/h4-6,9-14,17,21,25,28H,1-3,7-8,15H2,(H,30,31). The number of rotatable bonds is 7. The quantitative estimate of drug-likeness (QED) is 0.394. The van der Waals surface area contributed by atoms with Gasteiger partial charge in [-0.15, -0.1) is 0 Å². The minimum Gasteiger partial charge on any atom is -0.485 e. The fourth-order valence-electron chi connectivity index (χ4n) is 5.07. The van der Waals surface area contributed by atoms with E-state index in [1.165, 1.54) is 19.3 Å². The molecule has 164 valence electrons. The van der Waals surface area contributed by atoms with Gasteiger partial charge in [-0.25, -0.2) is 4.98 Å². The predicted molar refractivity (Wildman–Crippen MR) is 122 cm³/mol. The van der Waals surface area contributed by atoms with Gasteiger partial charge in [0.15, 0.2) is 0 Å². The molecule has 2 unspecified atom stereocenters. The van der Waals surface area contributed by atoms with Gasteiger partial charge in [0, 0.05) is 5.39 Å². The van der Waals surface area contributed by atoms with Crippen molar-refractivity contribution in [2.75, 3.05) is 5.32 Å². The number of aromatic nitrogens is 1. The van der Waals surface area contributed by atoms with Crippen molar-refractivity contribution >= 4 is 28.8 Å². The van der Waals surface area contributed by atoms with Crippen LogP contribution in [0.1, 0.15) is 60.9 Å². The highest BCUT2D eigenvalue weighted by molar-refractivity contribution is 5.94. The molecule has 1 aromatic heterocycles. The summed E-state index contributed by atoms with van der Waals surface area (Å²) in [7, 11) is 0. The van der Waals surface area contributed by atoms with Crippen molar-refractivity contribution in [2.24, 2.45) is 5.92 Å². The molecule has 6 heteroatoms. The Bertz CT molecular complexity index is 1170. The number of nitrogens with zero attached hydrogens (tertiary/aromatic N) is 1. The average Bonchev–Trinajstić information content (AvgIpc) is 3.20. The lowest BCUT2D eigenvalue weighted by molar-refractivity contribution is -0.140. The van der Waals surface area contributed by atoms with E-state index in [4.69, 9.17) is 4.74 Å². The fourth-order valence-corrected chi connectivity index (χ4v) is 5.07. The van der Waals surface area contributed by atoms with E-state index < -0.39 is 11.9 Å². The number of nitrogens with one attached hydrogen (secondary N) is 1. The lowest BCUT2D eigenvalue weighted by atomic mass is 9.80. The van der Waals surface area contributed by atoms with Gasteiger partial charge in [0.05, 0.1) is 22.9 Å². The molecule has 32 heavy (non-hydrogen) atoms. The van der Waals surface area contributed by atoms with Gasteiger partial charge >= 0.3 is 5.97 Å². The van der Waals surface area contributed by atoms with Crippen LogP contribution in [-0.4, -0.2) is 22.3 Å². The highest BCUT2D eigenvalue weighted by Gasteiger charge is 2.36. The normalized spacial score (nSPS) is 18.8. The van der Waals surface area contributed by atoms with E-state index in [2.05, 4.69) is 10.3 Å². The zero-order valence-electron chi connectivity index (χ0n) is 17.8. The number of para-hydroxylation sites is 1. The molecule has 6 nitrogen and oxygen atoms in total. The Morgan fingerprint density at radius 2 is 1.97 bits per heavy atom. The molecule has 1 aliphatic carbocycles. The van der Waals surface area contributed by atoms with Gasteiger partial charge < -0.3 is 20.0 Å². The van der Waals surface area contributed by atoms with Gasteiger partial charge in [-0.05, 0) is 54.2 Å². The number of anilines is 1. The lowest BCUT2D eigenvalue weighted by Crippen LogP contribution is -2.22. The molecule has 1 aliphatic heterocycles. The third-order valence-corrected chi connectivity index (χ3v) is 6.72. The highest BCUT2D eigenvalue weighted by atomic mass is 16.5. The van der Waals surface area contributed by atoms with Crippen LogP contribution in [0.3, 0.4) is 0 Å². The van der Waals surface area contributed by atoms with Gasteiger partial charge in [-0.1, -0.05) is 43.5 Å². The largest absolute Gasteiger partial charge is 0.485 e. The molecule has 2 atom stereocenters. The zero-order valence-corrected chi connectivity index (χ0v) is 17.8. The number of pyridine rings is 1. The Morgan fingerprint density at radius 3 is 2.75 bits per heavy atom. The lowest BCUT2D eigenvalue weighted by Gasteiger charge is -2.29. The highest BCUT2D eigenvalue weighted by Crippen LogP contribution is 2.48. The third kappa shape index (κ3) is 3.81. The van der Waals surface area contributed by atoms with Gasteiger partial charge in [-0.3, -0.25) is 4.79 Å². The maximum Gasteiger partial charge on any atom is 0.318 e. The van der Waals surface area contributed by atoms with Crippen LogP contribution < -0.4 is 10.1 Å². The van der Waals surface area contributed by atoms with Crippen molar-refractivity contribution in [3.8, 4) is 5.75 Å². The molecular formula is C26H26N2O4. The molecule has 2 heterocycles. The summed E-state index contributed by atoms with van der Waals surface area (Å²) in [6, 6.07) is 15.6. The van der Waals surface area contributed by atoms with Gasteiger partial charge in [-0.2, -0.15) is 0 Å². The van der Waals surface area contributed by atoms with Crippen molar-refractivity contribution in [1.29, 1.82) is 0 Å². The molecule has 2 aromatic carbocycles. The van der Waals surface area contributed by atoms with Crippen LogP contribution in [0, 0.1) is 5.92 Å². The van der Waals surface area contributed by atoms with E-state index in [0.717, 1.165) is 40.7 Å². The number of benzene rings is 2. The zero-order chi connectivity index (χ0) is 22.1. The number of carbonyl (C=O) groups excluding carboxylic acids is 1. The average molecular weight is 431 g/mol. The maximum absolute atomic E-state index is 11.8. The Kier molecular flexibility index (Phi) is 5.52. The van der Waals surface area contributed by atoms with E-state index in [0.29, 0.717) is 23.5 Å². The number of hydrogen-bond acceptors (Lipinski definition) is 5. The summed E-state index contributed by atoms with van der Waals surface area (Å²) in [6.07, 6.45) is 6.32. The van der Waals surface area contributed by atoms with E-state index in [1.54, 1.807) is 6.07 Å². The summed E-state index contributed by atoms with van der Waals surface area (Å²) in [5.74, 6) is -1.35. The molecule has 0 spiro atoms. The molecule has 2 N–H and O–H groups in total. The van der Waals surface area contributed by atoms with Crippen LogP contribution in [-0.2, 0) is 16.2 Å². The number of hydrogen-bond donors (Lipinski definition) is 2. The molecule has 2 bridgehead atoms. The number of carboxylic acid groups (broad SMARTS) is 1. The maximum atomic E-state index is 11.8. The minimum atomic E-state index is -1.20. The Morgan fingerprint density at radius 1 is 1.16 bits per heavy atom. The summed E-state index contributed by atoms with van der Waals surface area (Å²) in [4.78, 5) is 28.1. The molecule has 0 amide bonds. The van der Waals surface area contributed by atoms with Crippen molar-refractivity contribution in [3.05, 3.63) is 65.4 Å². The van der Waals surface area contributed by atoms with Crippen molar-refractivity contribution in [3.63, 3.8) is 0 Å². The van der Waals surface area contributed by atoms with Gasteiger partial charge in [0.25, 0.3) is 0 Å². The Labute approximate surface area is 186 Å². The topological polar surface area (TPSA) is 88.5 Å². The second-order valence-electron chi connectivity index (χ2n) is 8.73. The van der Waals surface area contributed by atoms with Crippen LogP contribution in [0.2, 0.25) is 0 Å². The van der Waals surface area contributed by atoms with Crippen LogP contribution >= 0.6 is 0 Å². The summed E-state index contributed by atoms with van der Waals surface area (Å²) < 4.78 is 6.11. The van der Waals surface area contributed by atoms with E-state index >= 15 is 0 Å². The fraction of sp³-hybridized carbons (Fsp3) is 0.346. The summed E-state index contributed by atoms with van der Waals surface area (Å²) >= 11 is 0. The third-order valence-electron chi connectivity index (χ3n) is 6.72. The monoisotopic (exact) mass is 430 g/mol. The number of aliphatic carboxylic acids is 1. The first kappa shape index (κ1) is 20.5. The van der Waals surface area contributed by atoms with Crippen molar-refractivity contribution in [1.82, 2.24) is 4.98 Å². The molecule has 5 rings (SSSR count). The minimum absolute atomic E-state index is 0.0262. The van der Waals surface area contributed by atoms with Crippen LogP contribution in [0.5, 0.6) is 5.75 Å². The van der Waals surface area contributed by atoms with Crippen molar-refractivity contribution < 1.29 is 19.4 Å². The first-order valence-corrected chi connectivity index (χ1v) is 11.2. The van der Waals surface area contributed by atoms with Crippen LogP contribution in [0.4, 0.5) is 5.69 Å². The molecule has 3 aromatic rings. The van der Waals surface area contributed by atoms with Gasteiger partial charge in [0.1, 0.15) is 24.6 Å². The molecule has 1 fully saturated rings. The first-order chi connectivity index (χ1) is 15.6. The Hall–Kier alpha value is -3.41. The number of fused-ring (bicyclic) bond motifs is 3. The molecular weight excluding hydrogens is 404 g/mol. The summed E-state index contributed by atoms with van der Waals surface area (Å²) in [6.45, 7) is 0.255. The van der Waals surface area contributed by atoms with Gasteiger partial charge in [0.2, 0.25) is 0 Å². The molecule has 0 saturated heterocycles. The molecule has 1 saturated carbocycles. The first-order valence-electron chi connectivity index (χ1n) is 11.2. The predicted octanol–water partition coefficient (Wildman–Crippen LogP) is 5.23. The second-order valence-corrected chi connectivity index (χ2v) is 8.73. The molecule has 0 radical (unpaired) electrons. The van der Waals surface area contributed by atoms with E-state index in [1.807, 2.05) is 42.5 Å². The second kappa shape index (κ2) is 8.61. The van der Waals surface area contributed by atoms with E-state index in [-0.39, 0.29) is 12.6 Å². The summed E-state index contributed by atoms with van der Waals surface area (Å²) in [5, 5.41) is 14.3. The van der Waals surface area contributed by atoms with Crippen LogP contribution in [0.25, 0.3) is 10.9 Å². The van der Waals surface area contributed by atoms with Crippen molar-refractivity contribution in [2.45, 2.75) is 50.7 Å². The molecule has 2 aliphatic rings. The SMILES string of the molecule is O=CC(C(=O)O)c1cc(OCc2ccc3ccccc3n2)c2cc1C(C1CCCCC1)N2. The summed E-state index contributed by atoms with van der Waals surface area (Å²) in [5.41, 5.74) is 3.99. The van der Waals surface area contributed by atoms with E-state index in [9.17, 15) is 14.7 Å². The number of carbonyl (C=O) groups is 2. The Balaban J connectivity index is 1.44. The number of aldehydes is 1. The number of ether oxygens (including phenoxy) is 1. The van der Waals surface area contributed by atoms with Crippen LogP contribution in [0.15, 0.2) is 48.5 Å².